The summed E-state index contributed by atoms with van der Waals surface area (Å²) in [5.41, 5.74) is 11.1. The number of hydrogen-bond donors (Lipinski definition) is 4. The van der Waals surface area contributed by atoms with Crippen molar-refractivity contribution in [2.45, 2.75) is 31.8 Å². The normalized spacial score (nSPS) is 20.0. The highest BCUT2D eigenvalue weighted by atomic mass is 16.4. The maximum Gasteiger partial charge on any atom is 0.327 e. The molecule has 10 heteroatoms. The van der Waals surface area contributed by atoms with E-state index in [1.165, 1.54) is 6.21 Å². The summed E-state index contributed by atoms with van der Waals surface area (Å²) in [6.45, 7) is 1.88. The largest absolute Gasteiger partial charge is 0.480 e. The SMILES string of the molecule is CC[C@@H](NC(=O)N1C(=O)[C@H](C/C=N/N=C(N)N)[C@H]1C(=O)O)c1ccccc1. The van der Waals surface area contributed by atoms with Crippen LogP contribution in [-0.2, 0) is 9.59 Å². The first kappa shape index (κ1) is 19.9. The van der Waals surface area contributed by atoms with Gasteiger partial charge >= 0.3 is 12.0 Å². The van der Waals surface area contributed by atoms with E-state index in [0.717, 1.165) is 10.5 Å². The third-order valence-corrected chi connectivity index (χ3v) is 4.21. The molecule has 3 atom stereocenters. The van der Waals surface area contributed by atoms with Crippen LogP contribution in [0.5, 0.6) is 0 Å². The monoisotopic (exact) mass is 374 g/mol. The molecular formula is C17H22N6O4. The van der Waals surface area contributed by atoms with Crippen LogP contribution in [0.2, 0.25) is 0 Å². The lowest BCUT2D eigenvalue weighted by Gasteiger charge is -2.42. The number of nitrogens with zero attached hydrogens (tertiary/aromatic N) is 3. The maximum absolute atomic E-state index is 12.5. The van der Waals surface area contributed by atoms with Gasteiger partial charge in [0.25, 0.3) is 0 Å². The number of β-lactam (4-membered cyclic amide) rings is 1. The van der Waals surface area contributed by atoms with Crippen molar-refractivity contribution in [2.24, 2.45) is 27.6 Å². The van der Waals surface area contributed by atoms with Crippen molar-refractivity contribution in [3.63, 3.8) is 0 Å². The number of rotatable bonds is 7. The molecule has 1 fully saturated rings. The number of carboxylic acid groups (broad SMARTS) is 1. The van der Waals surface area contributed by atoms with Crippen molar-refractivity contribution in [1.29, 1.82) is 0 Å². The molecule has 144 valence electrons. The van der Waals surface area contributed by atoms with Crippen LogP contribution in [0.4, 0.5) is 4.79 Å². The Morgan fingerprint density at radius 2 is 2.00 bits per heavy atom. The zero-order valence-electron chi connectivity index (χ0n) is 14.8. The number of carboxylic acids is 1. The van der Waals surface area contributed by atoms with E-state index in [1.54, 1.807) is 0 Å². The first-order valence-corrected chi connectivity index (χ1v) is 8.38. The van der Waals surface area contributed by atoms with Crippen LogP contribution in [0.1, 0.15) is 31.4 Å². The first-order valence-electron chi connectivity index (χ1n) is 8.38. The fourth-order valence-corrected chi connectivity index (χ4v) is 2.88. The molecule has 0 bridgehead atoms. The number of aliphatic carboxylic acids is 1. The van der Waals surface area contributed by atoms with Crippen LogP contribution in [-0.4, -0.2) is 46.1 Å². The zero-order valence-corrected chi connectivity index (χ0v) is 14.8. The van der Waals surface area contributed by atoms with Gasteiger partial charge in [0.15, 0.2) is 6.04 Å². The summed E-state index contributed by atoms with van der Waals surface area (Å²) in [6.07, 6.45) is 1.84. The van der Waals surface area contributed by atoms with Gasteiger partial charge in [-0.2, -0.15) is 5.10 Å². The minimum atomic E-state index is -1.27. The molecule has 0 spiro atoms. The minimum Gasteiger partial charge on any atom is -0.480 e. The van der Waals surface area contributed by atoms with Gasteiger partial charge in [-0.05, 0) is 18.4 Å². The van der Waals surface area contributed by atoms with Crippen LogP contribution in [0.3, 0.4) is 0 Å². The predicted octanol–water partition coefficient (Wildman–Crippen LogP) is 0.408. The van der Waals surface area contributed by atoms with Gasteiger partial charge in [0.2, 0.25) is 11.9 Å². The van der Waals surface area contributed by atoms with Crippen molar-refractivity contribution in [3.05, 3.63) is 35.9 Å². The molecule has 1 saturated heterocycles. The van der Waals surface area contributed by atoms with E-state index in [0.29, 0.717) is 6.42 Å². The second-order valence-corrected chi connectivity index (χ2v) is 5.98. The van der Waals surface area contributed by atoms with Gasteiger partial charge in [-0.1, -0.05) is 37.3 Å². The molecular weight excluding hydrogens is 352 g/mol. The summed E-state index contributed by atoms with van der Waals surface area (Å²) in [7, 11) is 0. The molecule has 1 aliphatic heterocycles. The predicted molar refractivity (Wildman–Crippen MR) is 98.7 cm³/mol. The molecule has 0 saturated carbocycles. The van der Waals surface area contributed by atoms with Crippen molar-refractivity contribution in [3.8, 4) is 0 Å². The van der Waals surface area contributed by atoms with Gasteiger partial charge < -0.3 is 21.9 Å². The molecule has 0 aliphatic carbocycles. The number of guanidine groups is 1. The van der Waals surface area contributed by atoms with Gasteiger partial charge in [-0.3, -0.25) is 4.79 Å². The van der Waals surface area contributed by atoms with Crippen molar-refractivity contribution < 1.29 is 19.5 Å². The number of nitrogens with two attached hydrogens (primary N) is 2. The number of carbonyl (C=O) groups is 3. The van der Waals surface area contributed by atoms with E-state index < -0.39 is 29.9 Å². The second kappa shape index (κ2) is 8.79. The topological polar surface area (TPSA) is 163 Å². The Morgan fingerprint density at radius 3 is 2.56 bits per heavy atom. The number of likely N-dealkylation sites (tertiary alicyclic amines) is 1. The van der Waals surface area contributed by atoms with Crippen molar-refractivity contribution in [1.82, 2.24) is 10.2 Å². The molecule has 3 amide bonds. The molecule has 27 heavy (non-hydrogen) atoms. The molecule has 1 aliphatic rings. The van der Waals surface area contributed by atoms with Gasteiger partial charge in [0.05, 0.1) is 12.0 Å². The van der Waals surface area contributed by atoms with Crippen LogP contribution >= 0.6 is 0 Å². The van der Waals surface area contributed by atoms with E-state index in [2.05, 4.69) is 15.5 Å². The fraction of sp³-hybridized carbons (Fsp3) is 0.353. The van der Waals surface area contributed by atoms with Crippen LogP contribution in [0, 0.1) is 5.92 Å². The fourth-order valence-electron chi connectivity index (χ4n) is 2.88. The van der Waals surface area contributed by atoms with E-state index >= 15 is 0 Å². The van der Waals surface area contributed by atoms with Gasteiger partial charge in [0, 0.05) is 6.21 Å². The Labute approximate surface area is 155 Å². The number of carbonyl (C=O) groups excluding carboxylic acids is 2. The Bertz CT molecular complexity index is 760. The molecule has 0 unspecified atom stereocenters. The molecule has 2 rings (SSSR count). The molecule has 10 nitrogen and oxygen atoms in total. The van der Waals surface area contributed by atoms with E-state index in [-0.39, 0.29) is 18.4 Å². The molecule has 1 aromatic carbocycles. The summed E-state index contributed by atoms with van der Waals surface area (Å²) in [4.78, 5) is 37.1. The molecule has 6 N–H and O–H groups in total. The lowest BCUT2D eigenvalue weighted by Crippen LogP contribution is -2.68. The first-order chi connectivity index (χ1) is 12.9. The third kappa shape index (κ3) is 4.60. The molecule has 1 heterocycles. The highest BCUT2D eigenvalue weighted by molar-refractivity contribution is 6.08. The molecule has 1 aromatic rings. The summed E-state index contributed by atoms with van der Waals surface area (Å²) in [5.74, 6) is -3.01. The number of nitrogens with one attached hydrogen (secondary N) is 1. The lowest BCUT2D eigenvalue weighted by atomic mass is 9.85. The van der Waals surface area contributed by atoms with Gasteiger partial charge in [-0.15, -0.1) is 5.10 Å². The van der Waals surface area contributed by atoms with E-state index in [1.807, 2.05) is 37.3 Å². The summed E-state index contributed by atoms with van der Waals surface area (Å²) < 4.78 is 0. The number of imide groups is 1. The highest BCUT2D eigenvalue weighted by Crippen LogP contribution is 2.30. The molecule has 0 radical (unpaired) electrons. The van der Waals surface area contributed by atoms with Gasteiger partial charge in [-0.25, -0.2) is 14.5 Å². The number of amides is 3. The van der Waals surface area contributed by atoms with Crippen molar-refractivity contribution >= 4 is 30.1 Å². The Balaban J connectivity index is 2.07. The van der Waals surface area contributed by atoms with Crippen LogP contribution in [0.25, 0.3) is 0 Å². The Hall–Kier alpha value is -3.43. The number of benzene rings is 1. The van der Waals surface area contributed by atoms with Gasteiger partial charge in [0.1, 0.15) is 0 Å². The summed E-state index contributed by atoms with van der Waals surface area (Å²) in [5, 5.41) is 19.0. The Morgan fingerprint density at radius 1 is 1.33 bits per heavy atom. The summed E-state index contributed by atoms with van der Waals surface area (Å²) in [6, 6.07) is 6.90. The zero-order chi connectivity index (χ0) is 20.0. The quantitative estimate of drug-likeness (QED) is 0.234. The lowest BCUT2D eigenvalue weighted by molar-refractivity contribution is -0.165. The Kier molecular flexibility index (Phi) is 6.47. The maximum atomic E-state index is 12.5. The number of urea groups is 1. The molecule has 0 aromatic heterocycles. The van der Waals surface area contributed by atoms with E-state index in [4.69, 9.17) is 11.5 Å². The van der Waals surface area contributed by atoms with Crippen LogP contribution < -0.4 is 16.8 Å². The van der Waals surface area contributed by atoms with E-state index in [9.17, 15) is 19.5 Å². The minimum absolute atomic E-state index is 0.00620. The standard InChI is InChI=1S/C17H22N6O4/c1-2-12(10-6-4-3-5-7-10)21-17(27)23-13(15(25)26)11(14(23)24)8-9-20-22-16(18)19/h3-7,9,11-13H,2,8H2,1H3,(H,21,27)(H,25,26)(H4,18,19,22)/b20-9+/t11-,12-,13+/m1/s1. The smallest absolute Gasteiger partial charge is 0.327 e. The highest BCUT2D eigenvalue weighted by Gasteiger charge is 2.54. The average molecular weight is 374 g/mol. The van der Waals surface area contributed by atoms with Crippen molar-refractivity contribution in [2.75, 3.05) is 0 Å². The summed E-state index contributed by atoms with van der Waals surface area (Å²) >= 11 is 0. The average Bonchev–Trinajstić information content (AvgIpc) is 2.63. The van der Waals surface area contributed by atoms with Crippen LogP contribution in [0.15, 0.2) is 40.5 Å². The second-order valence-electron chi connectivity index (χ2n) is 5.98. The third-order valence-electron chi connectivity index (χ3n) is 4.21. The number of hydrogen-bond acceptors (Lipinski definition) is 5.